The van der Waals surface area contributed by atoms with E-state index in [1.807, 2.05) is 0 Å². The molecule has 1 aromatic rings. The van der Waals surface area contributed by atoms with E-state index in [0.29, 0.717) is 12.1 Å². The summed E-state index contributed by atoms with van der Waals surface area (Å²) in [6, 6.07) is 8.14. The lowest BCUT2D eigenvalue weighted by atomic mass is 9.86. The number of piperidine rings is 1. The lowest BCUT2D eigenvalue weighted by Gasteiger charge is -2.38. The van der Waals surface area contributed by atoms with Gasteiger partial charge in [0, 0.05) is 23.1 Å². The van der Waals surface area contributed by atoms with Crippen LogP contribution < -0.4 is 5.32 Å². The summed E-state index contributed by atoms with van der Waals surface area (Å²) in [5.41, 5.74) is 3.08. The Hall–Kier alpha value is -0.380. The second-order valence-electron chi connectivity index (χ2n) is 6.65. The summed E-state index contributed by atoms with van der Waals surface area (Å²) in [5, 5.41) is 3.95. The molecule has 0 bridgehead atoms. The zero-order valence-electron chi connectivity index (χ0n) is 12.5. The van der Waals surface area contributed by atoms with Crippen LogP contribution in [-0.4, -0.2) is 37.1 Å². The van der Waals surface area contributed by atoms with Gasteiger partial charge in [-0.3, -0.25) is 0 Å². The van der Waals surface area contributed by atoms with Crippen LogP contribution in [0.5, 0.6) is 0 Å². The van der Waals surface area contributed by atoms with Gasteiger partial charge in [0.1, 0.15) is 0 Å². The van der Waals surface area contributed by atoms with Gasteiger partial charge in [0.2, 0.25) is 0 Å². The highest BCUT2D eigenvalue weighted by Gasteiger charge is 2.27. The molecule has 3 unspecified atom stereocenters. The summed E-state index contributed by atoms with van der Waals surface area (Å²) in [6.45, 7) is 4.85. The van der Waals surface area contributed by atoms with Crippen molar-refractivity contribution in [1.82, 2.24) is 10.2 Å². The molecule has 3 heteroatoms. The standard InChI is InChI=1S/C17H25BrN2/c1-12-11-20(2)8-7-17(12)19-16-6-4-13-9-15(18)5-3-14(13)10-16/h3,5,9,12,16-17,19H,4,6-8,10-11H2,1-2H3. The van der Waals surface area contributed by atoms with Gasteiger partial charge in [-0.2, -0.15) is 0 Å². The van der Waals surface area contributed by atoms with Crippen molar-refractivity contribution in [2.24, 2.45) is 5.92 Å². The molecule has 1 heterocycles. The SMILES string of the molecule is CC1CN(C)CCC1NC1CCc2cc(Br)ccc2C1. The predicted molar refractivity (Wildman–Crippen MR) is 88.2 cm³/mol. The van der Waals surface area contributed by atoms with Crippen molar-refractivity contribution >= 4 is 15.9 Å². The van der Waals surface area contributed by atoms with Crippen molar-refractivity contribution in [2.75, 3.05) is 20.1 Å². The summed E-state index contributed by atoms with van der Waals surface area (Å²) < 4.78 is 1.21. The number of fused-ring (bicyclic) bond motifs is 1. The summed E-state index contributed by atoms with van der Waals surface area (Å²) in [7, 11) is 2.24. The van der Waals surface area contributed by atoms with Gasteiger partial charge < -0.3 is 10.2 Å². The summed E-state index contributed by atoms with van der Waals surface area (Å²) in [6.07, 6.45) is 4.99. The molecular formula is C17H25BrN2. The smallest absolute Gasteiger partial charge is 0.0178 e. The van der Waals surface area contributed by atoms with E-state index in [1.165, 1.54) is 54.4 Å². The maximum atomic E-state index is 3.95. The van der Waals surface area contributed by atoms with E-state index in [2.05, 4.69) is 58.3 Å². The first-order chi connectivity index (χ1) is 9.61. The molecular weight excluding hydrogens is 312 g/mol. The second kappa shape index (κ2) is 6.17. The predicted octanol–water partition coefficient (Wildman–Crippen LogP) is 3.24. The molecule has 0 spiro atoms. The van der Waals surface area contributed by atoms with Crippen molar-refractivity contribution in [3.63, 3.8) is 0 Å². The molecule has 110 valence electrons. The topological polar surface area (TPSA) is 15.3 Å². The average molecular weight is 337 g/mol. The molecule has 2 nitrogen and oxygen atoms in total. The van der Waals surface area contributed by atoms with Gasteiger partial charge in [-0.15, -0.1) is 0 Å². The number of likely N-dealkylation sites (tertiary alicyclic amines) is 1. The van der Waals surface area contributed by atoms with Gasteiger partial charge in [-0.05, 0) is 68.5 Å². The first kappa shape index (κ1) is 14.6. The number of hydrogen-bond acceptors (Lipinski definition) is 2. The number of halogens is 1. The Morgan fingerprint density at radius 3 is 2.90 bits per heavy atom. The van der Waals surface area contributed by atoms with Crippen LogP contribution in [0.15, 0.2) is 22.7 Å². The van der Waals surface area contributed by atoms with Crippen molar-refractivity contribution in [2.45, 2.75) is 44.7 Å². The van der Waals surface area contributed by atoms with Crippen LogP contribution in [0.3, 0.4) is 0 Å². The first-order valence-electron chi connectivity index (χ1n) is 7.83. The van der Waals surface area contributed by atoms with Crippen molar-refractivity contribution in [1.29, 1.82) is 0 Å². The Morgan fingerprint density at radius 2 is 2.10 bits per heavy atom. The van der Waals surface area contributed by atoms with E-state index >= 15 is 0 Å². The molecule has 1 aliphatic carbocycles. The van der Waals surface area contributed by atoms with E-state index in [4.69, 9.17) is 0 Å². The molecule has 3 rings (SSSR count). The fraction of sp³-hybridized carbons (Fsp3) is 0.647. The highest BCUT2D eigenvalue weighted by atomic mass is 79.9. The molecule has 20 heavy (non-hydrogen) atoms. The minimum Gasteiger partial charge on any atom is -0.311 e. The van der Waals surface area contributed by atoms with Crippen LogP contribution in [0.2, 0.25) is 0 Å². The van der Waals surface area contributed by atoms with E-state index in [1.54, 1.807) is 0 Å². The molecule has 0 amide bonds. The monoisotopic (exact) mass is 336 g/mol. The molecule has 0 radical (unpaired) electrons. The Kier molecular flexibility index (Phi) is 4.49. The van der Waals surface area contributed by atoms with Gasteiger partial charge in [0.15, 0.2) is 0 Å². The minimum absolute atomic E-state index is 0.666. The van der Waals surface area contributed by atoms with E-state index in [0.717, 1.165) is 5.92 Å². The van der Waals surface area contributed by atoms with Gasteiger partial charge in [0.25, 0.3) is 0 Å². The molecule has 1 fully saturated rings. The molecule has 1 aliphatic heterocycles. The van der Waals surface area contributed by atoms with Gasteiger partial charge >= 0.3 is 0 Å². The lowest BCUT2D eigenvalue weighted by molar-refractivity contribution is 0.163. The van der Waals surface area contributed by atoms with Gasteiger partial charge in [0.05, 0.1) is 0 Å². The summed E-state index contributed by atoms with van der Waals surface area (Å²) in [5.74, 6) is 0.764. The maximum absolute atomic E-state index is 3.95. The van der Waals surface area contributed by atoms with E-state index in [-0.39, 0.29) is 0 Å². The Balaban J connectivity index is 1.61. The van der Waals surface area contributed by atoms with Crippen molar-refractivity contribution in [3.05, 3.63) is 33.8 Å². The quantitative estimate of drug-likeness (QED) is 0.891. The largest absolute Gasteiger partial charge is 0.311 e. The van der Waals surface area contributed by atoms with Crippen LogP contribution in [0, 0.1) is 5.92 Å². The molecule has 2 aliphatic rings. The van der Waals surface area contributed by atoms with Crippen LogP contribution in [0.4, 0.5) is 0 Å². The number of nitrogens with one attached hydrogen (secondary N) is 1. The Bertz CT molecular complexity index is 474. The number of hydrogen-bond donors (Lipinski definition) is 1. The number of aryl methyl sites for hydroxylation is 1. The molecule has 0 aromatic heterocycles. The van der Waals surface area contributed by atoms with Crippen LogP contribution in [0.25, 0.3) is 0 Å². The Morgan fingerprint density at radius 1 is 1.25 bits per heavy atom. The van der Waals surface area contributed by atoms with Crippen LogP contribution in [-0.2, 0) is 12.8 Å². The third-order valence-corrected chi connectivity index (χ3v) is 5.45. The third-order valence-electron chi connectivity index (χ3n) is 4.95. The van der Waals surface area contributed by atoms with Gasteiger partial charge in [-0.25, -0.2) is 0 Å². The van der Waals surface area contributed by atoms with Crippen molar-refractivity contribution in [3.8, 4) is 0 Å². The third kappa shape index (κ3) is 3.26. The normalized spacial score (nSPS) is 31.1. The zero-order valence-corrected chi connectivity index (χ0v) is 14.1. The van der Waals surface area contributed by atoms with E-state index < -0.39 is 0 Å². The highest BCUT2D eigenvalue weighted by molar-refractivity contribution is 9.10. The average Bonchev–Trinajstić information content (AvgIpc) is 2.42. The molecule has 0 saturated carbocycles. The second-order valence-corrected chi connectivity index (χ2v) is 7.57. The van der Waals surface area contributed by atoms with Crippen LogP contribution >= 0.6 is 15.9 Å². The van der Waals surface area contributed by atoms with Crippen LogP contribution in [0.1, 0.15) is 30.9 Å². The lowest BCUT2D eigenvalue weighted by Crippen LogP contribution is -2.51. The molecule has 1 saturated heterocycles. The van der Waals surface area contributed by atoms with Gasteiger partial charge in [-0.1, -0.05) is 28.9 Å². The van der Waals surface area contributed by atoms with E-state index in [9.17, 15) is 0 Å². The molecule has 1 N–H and O–H groups in total. The fourth-order valence-electron chi connectivity index (χ4n) is 3.77. The summed E-state index contributed by atoms with van der Waals surface area (Å²) >= 11 is 3.58. The zero-order chi connectivity index (χ0) is 14.1. The first-order valence-corrected chi connectivity index (χ1v) is 8.63. The maximum Gasteiger partial charge on any atom is 0.0178 e. The highest BCUT2D eigenvalue weighted by Crippen LogP contribution is 2.26. The Labute approximate surface area is 131 Å². The fourth-order valence-corrected chi connectivity index (χ4v) is 4.18. The number of rotatable bonds is 2. The number of nitrogens with zero attached hydrogens (tertiary/aromatic N) is 1. The minimum atomic E-state index is 0.666. The summed E-state index contributed by atoms with van der Waals surface area (Å²) in [4.78, 5) is 2.45. The molecule has 3 atom stereocenters. The number of benzene rings is 1. The van der Waals surface area contributed by atoms with Crippen molar-refractivity contribution < 1.29 is 0 Å². The molecule has 1 aromatic carbocycles.